The van der Waals surface area contributed by atoms with Crippen LogP contribution in [-0.4, -0.2) is 35.6 Å². The summed E-state index contributed by atoms with van der Waals surface area (Å²) in [6.45, 7) is 4.06. The molecule has 3 aromatic rings. The minimum absolute atomic E-state index is 0.0776. The van der Waals surface area contributed by atoms with Gasteiger partial charge >= 0.3 is 0 Å². The highest BCUT2D eigenvalue weighted by Crippen LogP contribution is 2.29. The number of nitrogens with zero attached hydrogens (tertiary/aromatic N) is 1. The summed E-state index contributed by atoms with van der Waals surface area (Å²) in [5.74, 6) is 0.794. The first-order chi connectivity index (χ1) is 15.6. The molecular formula is C26H30N2O4. The maximum Gasteiger partial charge on any atom is 0.254 e. The zero-order valence-electron chi connectivity index (χ0n) is 18.4. The van der Waals surface area contributed by atoms with Crippen LogP contribution in [0.4, 0.5) is 0 Å². The van der Waals surface area contributed by atoms with Crippen LogP contribution < -0.4 is 15.2 Å². The van der Waals surface area contributed by atoms with Gasteiger partial charge in [0.05, 0.1) is 6.61 Å². The summed E-state index contributed by atoms with van der Waals surface area (Å²) in [4.78, 5) is 14.8. The monoisotopic (exact) mass is 434 g/mol. The molecule has 0 atom stereocenters. The van der Waals surface area contributed by atoms with Gasteiger partial charge in [-0.25, -0.2) is 0 Å². The van der Waals surface area contributed by atoms with Crippen molar-refractivity contribution in [3.05, 3.63) is 89.5 Å². The number of hydrogen-bond acceptors (Lipinski definition) is 5. The molecule has 6 nitrogen and oxygen atoms in total. The minimum Gasteiger partial charge on any atom is -0.504 e. The van der Waals surface area contributed by atoms with Crippen molar-refractivity contribution >= 4 is 5.91 Å². The zero-order valence-corrected chi connectivity index (χ0v) is 18.4. The third-order valence-electron chi connectivity index (χ3n) is 4.92. The van der Waals surface area contributed by atoms with Gasteiger partial charge in [-0.1, -0.05) is 55.5 Å². The van der Waals surface area contributed by atoms with Crippen molar-refractivity contribution in [2.75, 3.05) is 19.7 Å². The molecule has 3 rings (SSSR count). The lowest BCUT2D eigenvalue weighted by Gasteiger charge is -2.24. The lowest BCUT2D eigenvalue weighted by atomic mass is 10.1. The molecule has 0 fully saturated rings. The molecule has 0 aliphatic carbocycles. The SMILES string of the molecule is CCCOc1ccccc1CN(CCN)C(=O)c1ccc(OCc2ccccc2)c(O)c1. The van der Waals surface area contributed by atoms with Crippen LogP contribution in [0.5, 0.6) is 17.2 Å². The molecule has 0 aromatic heterocycles. The number of carbonyl (C=O) groups is 1. The molecule has 0 aliphatic rings. The van der Waals surface area contributed by atoms with Crippen LogP contribution >= 0.6 is 0 Å². The van der Waals surface area contributed by atoms with Gasteiger partial charge in [-0.2, -0.15) is 0 Å². The second kappa shape index (κ2) is 11.8. The lowest BCUT2D eigenvalue weighted by molar-refractivity contribution is 0.0746. The summed E-state index contributed by atoms with van der Waals surface area (Å²) in [5, 5.41) is 10.4. The lowest BCUT2D eigenvalue weighted by Crippen LogP contribution is -2.35. The number of carbonyl (C=O) groups excluding carboxylic acids is 1. The Bertz CT molecular complexity index is 1010. The smallest absolute Gasteiger partial charge is 0.254 e. The first-order valence-electron chi connectivity index (χ1n) is 10.8. The molecule has 168 valence electrons. The molecule has 32 heavy (non-hydrogen) atoms. The van der Waals surface area contributed by atoms with E-state index in [2.05, 4.69) is 0 Å². The quantitative estimate of drug-likeness (QED) is 0.468. The van der Waals surface area contributed by atoms with E-state index in [9.17, 15) is 9.90 Å². The highest BCUT2D eigenvalue weighted by Gasteiger charge is 2.19. The highest BCUT2D eigenvalue weighted by molar-refractivity contribution is 5.95. The maximum atomic E-state index is 13.2. The zero-order chi connectivity index (χ0) is 22.8. The Labute approximate surface area is 189 Å². The number of benzene rings is 3. The van der Waals surface area contributed by atoms with E-state index in [0.717, 1.165) is 23.3 Å². The molecular weight excluding hydrogens is 404 g/mol. The van der Waals surface area contributed by atoms with Gasteiger partial charge in [0.25, 0.3) is 5.91 Å². The van der Waals surface area contributed by atoms with E-state index in [1.807, 2.05) is 61.5 Å². The topological polar surface area (TPSA) is 85.0 Å². The number of amides is 1. The summed E-state index contributed by atoms with van der Waals surface area (Å²) in [6.07, 6.45) is 0.901. The molecule has 0 bridgehead atoms. The van der Waals surface area contributed by atoms with E-state index in [1.165, 1.54) is 6.07 Å². The first-order valence-corrected chi connectivity index (χ1v) is 10.8. The highest BCUT2D eigenvalue weighted by atomic mass is 16.5. The largest absolute Gasteiger partial charge is 0.504 e. The Hall–Kier alpha value is -3.51. The van der Waals surface area contributed by atoms with Crippen molar-refractivity contribution < 1.29 is 19.4 Å². The van der Waals surface area contributed by atoms with Crippen LogP contribution in [0.2, 0.25) is 0 Å². The Morgan fingerprint density at radius 3 is 2.44 bits per heavy atom. The van der Waals surface area contributed by atoms with Gasteiger partial charge < -0.3 is 25.2 Å². The summed E-state index contributed by atoms with van der Waals surface area (Å²) < 4.78 is 11.5. The van der Waals surface area contributed by atoms with E-state index in [-0.39, 0.29) is 11.7 Å². The maximum absolute atomic E-state index is 13.2. The summed E-state index contributed by atoms with van der Waals surface area (Å²) >= 11 is 0. The predicted octanol–water partition coefficient (Wildman–Crippen LogP) is 4.36. The van der Waals surface area contributed by atoms with Crippen molar-refractivity contribution in [3.63, 3.8) is 0 Å². The molecule has 6 heteroatoms. The fourth-order valence-electron chi connectivity index (χ4n) is 3.29. The van der Waals surface area contributed by atoms with E-state index >= 15 is 0 Å². The van der Waals surface area contributed by atoms with Crippen LogP contribution in [0.1, 0.15) is 34.8 Å². The molecule has 3 aromatic carbocycles. The van der Waals surface area contributed by atoms with Gasteiger partial charge in [-0.3, -0.25) is 4.79 Å². The molecule has 0 radical (unpaired) electrons. The van der Waals surface area contributed by atoms with Crippen LogP contribution in [-0.2, 0) is 13.2 Å². The van der Waals surface area contributed by atoms with E-state index in [4.69, 9.17) is 15.2 Å². The average molecular weight is 435 g/mol. The number of rotatable bonds is 11. The Morgan fingerprint density at radius 2 is 1.72 bits per heavy atom. The third kappa shape index (κ3) is 6.25. The number of ether oxygens (including phenoxy) is 2. The fraction of sp³-hybridized carbons (Fsp3) is 0.269. The van der Waals surface area contributed by atoms with Crippen molar-refractivity contribution in [1.82, 2.24) is 4.90 Å². The van der Waals surface area contributed by atoms with Crippen molar-refractivity contribution in [2.45, 2.75) is 26.5 Å². The third-order valence-corrected chi connectivity index (χ3v) is 4.92. The standard InChI is InChI=1S/C26H30N2O4/c1-2-16-31-24-11-7-6-10-22(24)18-28(15-14-27)26(30)21-12-13-25(23(29)17-21)32-19-20-8-4-3-5-9-20/h3-13,17,29H,2,14-16,18-19,27H2,1H3. The van der Waals surface area contributed by atoms with E-state index in [0.29, 0.717) is 44.2 Å². The Kier molecular flexibility index (Phi) is 8.52. The normalized spacial score (nSPS) is 10.6. The van der Waals surface area contributed by atoms with Gasteiger partial charge in [0.2, 0.25) is 0 Å². The number of phenols is 1. The van der Waals surface area contributed by atoms with E-state index < -0.39 is 0 Å². The second-order valence-electron chi connectivity index (χ2n) is 7.43. The van der Waals surface area contributed by atoms with E-state index in [1.54, 1.807) is 17.0 Å². The summed E-state index contributed by atoms with van der Waals surface area (Å²) in [6, 6.07) is 22.1. The molecule has 0 heterocycles. The van der Waals surface area contributed by atoms with Gasteiger partial charge in [0.1, 0.15) is 12.4 Å². The molecule has 1 amide bonds. The van der Waals surface area contributed by atoms with Gasteiger partial charge in [0.15, 0.2) is 11.5 Å². The average Bonchev–Trinajstić information content (AvgIpc) is 2.82. The molecule has 0 saturated carbocycles. The minimum atomic E-state index is -0.217. The number of para-hydroxylation sites is 1. The van der Waals surface area contributed by atoms with Crippen LogP contribution in [0.3, 0.4) is 0 Å². The number of nitrogens with two attached hydrogens (primary N) is 1. The number of hydrogen-bond donors (Lipinski definition) is 2. The predicted molar refractivity (Wildman–Crippen MR) is 125 cm³/mol. The second-order valence-corrected chi connectivity index (χ2v) is 7.43. The van der Waals surface area contributed by atoms with Crippen LogP contribution in [0.15, 0.2) is 72.8 Å². The molecule has 0 spiro atoms. The fourth-order valence-corrected chi connectivity index (χ4v) is 3.29. The summed E-state index contributed by atoms with van der Waals surface area (Å²) in [5.41, 5.74) is 8.04. The Balaban J connectivity index is 1.73. The Morgan fingerprint density at radius 1 is 0.969 bits per heavy atom. The van der Waals surface area contributed by atoms with Crippen LogP contribution in [0.25, 0.3) is 0 Å². The summed E-state index contributed by atoms with van der Waals surface area (Å²) in [7, 11) is 0. The molecule has 0 unspecified atom stereocenters. The van der Waals surface area contributed by atoms with Gasteiger partial charge in [0, 0.05) is 30.8 Å². The van der Waals surface area contributed by atoms with Crippen LogP contribution in [0, 0.1) is 0 Å². The van der Waals surface area contributed by atoms with Gasteiger partial charge in [-0.05, 0) is 36.2 Å². The first kappa shape index (κ1) is 23.2. The molecule has 0 aliphatic heterocycles. The number of aromatic hydroxyl groups is 1. The van der Waals surface area contributed by atoms with Gasteiger partial charge in [-0.15, -0.1) is 0 Å². The van der Waals surface area contributed by atoms with Crippen molar-refractivity contribution in [1.29, 1.82) is 0 Å². The van der Waals surface area contributed by atoms with Crippen molar-refractivity contribution in [2.24, 2.45) is 5.73 Å². The van der Waals surface area contributed by atoms with Crippen molar-refractivity contribution in [3.8, 4) is 17.2 Å². The number of phenolic OH excluding ortho intramolecular Hbond substituents is 1. The molecule has 3 N–H and O–H groups in total. The molecule has 0 saturated heterocycles.